The standard InChI is InChI=1S/C24H22N4O2/c1-16(2)28-24(30)21-14-7-6-13-20(21)22(27-28)23(29)26-19-12-8-11-18(15-19)25-17-9-4-3-5-10-17/h3-16,25H,1-2H3,(H,26,29). The van der Waals surface area contributed by atoms with Gasteiger partial charge >= 0.3 is 0 Å². The molecule has 0 spiro atoms. The van der Waals surface area contributed by atoms with E-state index in [9.17, 15) is 9.59 Å². The Balaban J connectivity index is 1.66. The van der Waals surface area contributed by atoms with E-state index in [1.54, 1.807) is 24.3 Å². The predicted molar refractivity (Wildman–Crippen MR) is 121 cm³/mol. The molecule has 0 radical (unpaired) electrons. The van der Waals surface area contributed by atoms with Crippen LogP contribution in [0.25, 0.3) is 10.8 Å². The second-order valence-electron chi connectivity index (χ2n) is 7.26. The Morgan fingerprint density at radius 3 is 2.20 bits per heavy atom. The van der Waals surface area contributed by atoms with Crippen molar-refractivity contribution in [2.45, 2.75) is 19.9 Å². The Bertz CT molecular complexity index is 1260. The van der Waals surface area contributed by atoms with Gasteiger partial charge in [0.2, 0.25) is 0 Å². The van der Waals surface area contributed by atoms with Crippen LogP contribution in [0.15, 0.2) is 83.7 Å². The number of fused-ring (bicyclic) bond motifs is 1. The molecule has 0 atom stereocenters. The zero-order valence-electron chi connectivity index (χ0n) is 16.8. The molecule has 0 aliphatic heterocycles. The van der Waals surface area contributed by atoms with Crippen LogP contribution in [-0.4, -0.2) is 15.7 Å². The van der Waals surface area contributed by atoms with E-state index in [-0.39, 0.29) is 23.2 Å². The highest BCUT2D eigenvalue weighted by atomic mass is 16.2. The summed E-state index contributed by atoms with van der Waals surface area (Å²) in [7, 11) is 0. The number of hydrogen-bond acceptors (Lipinski definition) is 4. The number of benzene rings is 3. The molecule has 150 valence electrons. The minimum absolute atomic E-state index is 0.160. The van der Waals surface area contributed by atoms with E-state index in [2.05, 4.69) is 15.7 Å². The monoisotopic (exact) mass is 398 g/mol. The van der Waals surface area contributed by atoms with Gasteiger partial charge in [0.1, 0.15) is 0 Å². The molecule has 4 rings (SSSR count). The van der Waals surface area contributed by atoms with Crippen LogP contribution < -0.4 is 16.2 Å². The molecule has 0 aliphatic rings. The van der Waals surface area contributed by atoms with Crippen LogP contribution in [0, 0.1) is 0 Å². The van der Waals surface area contributed by atoms with E-state index in [4.69, 9.17) is 0 Å². The summed E-state index contributed by atoms with van der Waals surface area (Å²) >= 11 is 0. The number of carbonyl (C=O) groups is 1. The van der Waals surface area contributed by atoms with E-state index >= 15 is 0 Å². The van der Waals surface area contributed by atoms with Gasteiger partial charge in [0.05, 0.1) is 11.4 Å². The highest BCUT2D eigenvalue weighted by Gasteiger charge is 2.18. The Morgan fingerprint density at radius 1 is 0.833 bits per heavy atom. The number of anilines is 3. The van der Waals surface area contributed by atoms with Gasteiger partial charge in [-0.15, -0.1) is 0 Å². The van der Waals surface area contributed by atoms with Gasteiger partial charge in [0, 0.05) is 22.4 Å². The highest BCUT2D eigenvalue weighted by molar-refractivity contribution is 6.11. The van der Waals surface area contributed by atoms with Crippen molar-refractivity contribution in [3.8, 4) is 0 Å². The zero-order valence-corrected chi connectivity index (χ0v) is 16.8. The second-order valence-corrected chi connectivity index (χ2v) is 7.26. The number of rotatable bonds is 5. The topological polar surface area (TPSA) is 76.0 Å². The third-order valence-corrected chi connectivity index (χ3v) is 4.72. The van der Waals surface area contributed by atoms with Crippen molar-refractivity contribution in [1.82, 2.24) is 9.78 Å². The summed E-state index contributed by atoms with van der Waals surface area (Å²) in [5.74, 6) is -0.363. The van der Waals surface area contributed by atoms with Crippen molar-refractivity contribution in [3.05, 3.63) is 94.9 Å². The first-order valence-electron chi connectivity index (χ1n) is 9.78. The predicted octanol–water partition coefficient (Wildman–Crippen LogP) is 4.97. The van der Waals surface area contributed by atoms with Gasteiger partial charge in [-0.25, -0.2) is 4.68 Å². The number of nitrogens with zero attached hydrogens (tertiary/aromatic N) is 2. The number of hydrogen-bond donors (Lipinski definition) is 2. The van der Waals surface area contributed by atoms with Crippen LogP contribution in [0.5, 0.6) is 0 Å². The SMILES string of the molecule is CC(C)n1nc(C(=O)Nc2cccc(Nc3ccccc3)c2)c2ccccc2c1=O. The molecule has 4 aromatic rings. The molecular weight excluding hydrogens is 376 g/mol. The average Bonchev–Trinajstić information content (AvgIpc) is 2.75. The maximum absolute atomic E-state index is 13.1. The lowest BCUT2D eigenvalue weighted by molar-refractivity contribution is 0.102. The Labute approximate surface area is 174 Å². The lowest BCUT2D eigenvalue weighted by Crippen LogP contribution is -2.28. The first kappa shape index (κ1) is 19.4. The van der Waals surface area contributed by atoms with Crippen LogP contribution in [0.1, 0.15) is 30.4 Å². The minimum Gasteiger partial charge on any atom is -0.355 e. The van der Waals surface area contributed by atoms with Crippen LogP contribution >= 0.6 is 0 Å². The van der Waals surface area contributed by atoms with E-state index < -0.39 is 0 Å². The smallest absolute Gasteiger partial charge is 0.276 e. The third-order valence-electron chi connectivity index (χ3n) is 4.72. The Hall–Kier alpha value is -3.93. The second kappa shape index (κ2) is 8.21. The molecule has 6 heteroatoms. The Morgan fingerprint density at radius 2 is 1.47 bits per heavy atom. The lowest BCUT2D eigenvalue weighted by Gasteiger charge is -2.14. The van der Waals surface area contributed by atoms with Crippen molar-refractivity contribution in [2.75, 3.05) is 10.6 Å². The number of carbonyl (C=O) groups excluding carboxylic acids is 1. The molecule has 30 heavy (non-hydrogen) atoms. The summed E-state index contributed by atoms with van der Waals surface area (Å²) < 4.78 is 1.35. The van der Waals surface area contributed by atoms with Crippen molar-refractivity contribution >= 4 is 33.7 Å². The molecule has 0 saturated heterocycles. The van der Waals surface area contributed by atoms with Gasteiger partial charge in [-0.3, -0.25) is 9.59 Å². The quantitative estimate of drug-likeness (QED) is 0.497. The molecule has 1 aromatic heterocycles. The Kier molecular flexibility index (Phi) is 5.30. The molecule has 1 heterocycles. The largest absolute Gasteiger partial charge is 0.355 e. The summed E-state index contributed by atoms with van der Waals surface area (Å²) in [5.41, 5.74) is 2.46. The number of amides is 1. The molecule has 2 N–H and O–H groups in total. The fourth-order valence-electron chi connectivity index (χ4n) is 3.28. The van der Waals surface area contributed by atoms with Gasteiger partial charge < -0.3 is 10.6 Å². The van der Waals surface area contributed by atoms with Gasteiger partial charge in [-0.2, -0.15) is 5.10 Å². The van der Waals surface area contributed by atoms with Crippen molar-refractivity contribution in [2.24, 2.45) is 0 Å². The molecule has 0 aliphatic carbocycles. The lowest BCUT2D eigenvalue weighted by atomic mass is 10.1. The van der Waals surface area contributed by atoms with Crippen LogP contribution in [0.3, 0.4) is 0 Å². The molecule has 0 bridgehead atoms. The summed E-state index contributed by atoms with van der Waals surface area (Å²) in [5, 5.41) is 11.6. The molecule has 0 saturated carbocycles. The first-order chi connectivity index (χ1) is 14.5. The zero-order chi connectivity index (χ0) is 21.1. The van der Waals surface area contributed by atoms with E-state index in [1.165, 1.54) is 4.68 Å². The van der Waals surface area contributed by atoms with Crippen molar-refractivity contribution < 1.29 is 4.79 Å². The van der Waals surface area contributed by atoms with E-state index in [1.807, 2.05) is 68.4 Å². The van der Waals surface area contributed by atoms with Gasteiger partial charge in [-0.1, -0.05) is 42.5 Å². The maximum atomic E-state index is 13.1. The van der Waals surface area contributed by atoms with Crippen molar-refractivity contribution in [1.29, 1.82) is 0 Å². The van der Waals surface area contributed by atoms with Crippen LogP contribution in [0.2, 0.25) is 0 Å². The number of nitrogens with one attached hydrogen (secondary N) is 2. The molecule has 1 amide bonds. The third kappa shape index (κ3) is 3.93. The highest BCUT2D eigenvalue weighted by Crippen LogP contribution is 2.21. The normalized spacial score (nSPS) is 10.9. The van der Waals surface area contributed by atoms with Gasteiger partial charge in [0.25, 0.3) is 11.5 Å². The summed E-state index contributed by atoms with van der Waals surface area (Å²) in [6.07, 6.45) is 0. The minimum atomic E-state index is -0.363. The van der Waals surface area contributed by atoms with Crippen molar-refractivity contribution in [3.63, 3.8) is 0 Å². The number of aromatic nitrogens is 2. The molecule has 0 unspecified atom stereocenters. The molecule has 0 fully saturated rings. The van der Waals surface area contributed by atoms with Crippen LogP contribution in [0.4, 0.5) is 17.1 Å². The van der Waals surface area contributed by atoms with E-state index in [0.717, 1.165) is 11.4 Å². The first-order valence-corrected chi connectivity index (χ1v) is 9.78. The molecular formula is C24H22N4O2. The summed E-state index contributed by atoms with van der Waals surface area (Å²) in [4.78, 5) is 25.8. The fraction of sp³-hybridized carbons (Fsp3) is 0.125. The van der Waals surface area contributed by atoms with Crippen LogP contribution in [-0.2, 0) is 0 Å². The fourth-order valence-corrected chi connectivity index (χ4v) is 3.28. The summed E-state index contributed by atoms with van der Waals surface area (Å²) in [6.45, 7) is 3.73. The maximum Gasteiger partial charge on any atom is 0.276 e. The van der Waals surface area contributed by atoms with Gasteiger partial charge in [0.15, 0.2) is 5.69 Å². The molecule has 6 nitrogen and oxygen atoms in total. The number of para-hydroxylation sites is 1. The molecule has 3 aromatic carbocycles. The average molecular weight is 398 g/mol. The summed E-state index contributed by atoms with van der Waals surface area (Å²) in [6, 6.07) is 24.1. The van der Waals surface area contributed by atoms with E-state index in [0.29, 0.717) is 16.5 Å². The van der Waals surface area contributed by atoms with Gasteiger partial charge in [-0.05, 0) is 50.2 Å².